The SMILES string of the molecule is CC(=O)NS(=O)(=O)N1CCC(CCCNS(N)(=O)=O)(NC(=O)c2cc3c(Cl)c(Cl)ccc3n2C)CC1. The summed E-state index contributed by atoms with van der Waals surface area (Å²) in [5, 5.41) is 9.32. The highest BCUT2D eigenvalue weighted by Gasteiger charge is 2.39. The standard InChI is InChI=1S/C20H28Cl2N6O6S2/c1-13(29)26-36(33,34)28-10-7-20(8-11-28,6-3-9-24-35(23,31)32)25-19(30)17-12-14-16(27(17)2)5-4-15(21)18(14)22/h4-5,12,24H,3,6-11H2,1-2H3,(H,25,30)(H,26,29)(H2,23,31,32). The van der Waals surface area contributed by atoms with Crippen LogP contribution in [0.3, 0.4) is 0 Å². The number of fused-ring (bicyclic) bond motifs is 1. The zero-order valence-electron chi connectivity index (χ0n) is 19.7. The predicted molar refractivity (Wildman–Crippen MR) is 137 cm³/mol. The van der Waals surface area contributed by atoms with E-state index in [1.165, 1.54) is 0 Å². The molecule has 1 aliphatic heterocycles. The van der Waals surface area contributed by atoms with Crippen LogP contribution in [-0.2, 0) is 32.3 Å². The minimum atomic E-state index is -4.01. The summed E-state index contributed by atoms with van der Waals surface area (Å²) in [6.45, 7) is 1.24. The van der Waals surface area contributed by atoms with E-state index in [2.05, 4.69) is 10.0 Å². The molecular weight excluding hydrogens is 555 g/mol. The van der Waals surface area contributed by atoms with Gasteiger partial charge >= 0.3 is 10.2 Å². The van der Waals surface area contributed by atoms with Crippen LogP contribution in [0.5, 0.6) is 0 Å². The fraction of sp³-hybridized carbons (Fsp3) is 0.500. The number of carbonyl (C=O) groups excluding carboxylic acids is 2. The number of aryl methyl sites for hydroxylation is 1. The second-order valence-corrected chi connectivity index (χ2v) is 12.6. The van der Waals surface area contributed by atoms with Crippen molar-refractivity contribution in [3.8, 4) is 0 Å². The molecule has 0 saturated carbocycles. The van der Waals surface area contributed by atoms with Crippen molar-refractivity contribution in [2.45, 2.75) is 38.1 Å². The number of halogens is 2. The number of nitrogens with two attached hydrogens (primary N) is 1. The van der Waals surface area contributed by atoms with Crippen molar-refractivity contribution in [1.82, 2.24) is 23.6 Å². The largest absolute Gasteiger partial charge is 0.345 e. The summed E-state index contributed by atoms with van der Waals surface area (Å²) in [7, 11) is -6.17. The number of benzene rings is 1. The highest BCUT2D eigenvalue weighted by molar-refractivity contribution is 7.87. The molecule has 1 saturated heterocycles. The smallest absolute Gasteiger partial charge is 0.303 e. The van der Waals surface area contributed by atoms with Crippen LogP contribution in [0.1, 0.15) is 43.1 Å². The third kappa shape index (κ3) is 6.68. The van der Waals surface area contributed by atoms with Crippen molar-refractivity contribution in [2.75, 3.05) is 19.6 Å². The van der Waals surface area contributed by atoms with Gasteiger partial charge in [0.15, 0.2) is 0 Å². The molecule has 16 heteroatoms. The van der Waals surface area contributed by atoms with Gasteiger partial charge in [0.1, 0.15) is 5.69 Å². The van der Waals surface area contributed by atoms with Gasteiger partial charge in [0.05, 0.1) is 10.0 Å². The molecular formula is C20H28Cl2N6O6S2. The van der Waals surface area contributed by atoms with Gasteiger partial charge in [0.2, 0.25) is 5.91 Å². The zero-order chi connectivity index (χ0) is 26.9. The van der Waals surface area contributed by atoms with Crippen LogP contribution in [0.25, 0.3) is 10.9 Å². The Balaban J connectivity index is 1.83. The summed E-state index contributed by atoms with van der Waals surface area (Å²) in [4.78, 5) is 24.7. The highest BCUT2D eigenvalue weighted by atomic mass is 35.5. The van der Waals surface area contributed by atoms with Crippen molar-refractivity contribution in [3.63, 3.8) is 0 Å². The summed E-state index contributed by atoms with van der Waals surface area (Å²) in [6, 6.07) is 5.02. The molecule has 1 aliphatic rings. The van der Waals surface area contributed by atoms with Crippen LogP contribution in [0.15, 0.2) is 18.2 Å². The first-order valence-corrected chi connectivity index (χ1v) is 14.7. The van der Waals surface area contributed by atoms with Crippen LogP contribution < -0.4 is 19.9 Å². The van der Waals surface area contributed by atoms with E-state index in [1.54, 1.807) is 29.8 Å². The highest BCUT2D eigenvalue weighted by Crippen LogP contribution is 2.33. The predicted octanol–water partition coefficient (Wildman–Crippen LogP) is 1.00. The minimum Gasteiger partial charge on any atom is -0.345 e. The van der Waals surface area contributed by atoms with E-state index in [4.69, 9.17) is 28.3 Å². The molecule has 2 heterocycles. The summed E-state index contributed by atoms with van der Waals surface area (Å²) in [5.74, 6) is -1.11. The summed E-state index contributed by atoms with van der Waals surface area (Å²) in [6.07, 6.45) is 1.17. The normalized spacial score (nSPS) is 16.7. The molecule has 36 heavy (non-hydrogen) atoms. The molecule has 0 atom stereocenters. The van der Waals surface area contributed by atoms with E-state index in [-0.39, 0.29) is 32.5 Å². The average molecular weight is 584 g/mol. The average Bonchev–Trinajstić information content (AvgIpc) is 3.10. The molecule has 2 aromatic rings. The molecule has 0 radical (unpaired) electrons. The van der Waals surface area contributed by atoms with Crippen LogP contribution in [0.4, 0.5) is 0 Å². The monoisotopic (exact) mass is 582 g/mol. The fourth-order valence-corrected chi connectivity index (χ4v) is 6.32. The molecule has 1 aromatic carbocycles. The number of hydrogen-bond acceptors (Lipinski definition) is 6. The molecule has 1 aromatic heterocycles. The number of piperidine rings is 1. The van der Waals surface area contributed by atoms with E-state index in [0.717, 1.165) is 11.2 Å². The van der Waals surface area contributed by atoms with Crippen LogP contribution in [0.2, 0.25) is 10.0 Å². The maximum Gasteiger partial charge on any atom is 0.303 e. The molecule has 0 spiro atoms. The summed E-state index contributed by atoms with van der Waals surface area (Å²) < 4.78 is 54.2. The van der Waals surface area contributed by atoms with E-state index in [9.17, 15) is 26.4 Å². The fourth-order valence-electron chi connectivity index (χ4n) is 4.35. The number of aromatic nitrogens is 1. The second kappa shape index (κ2) is 10.8. The van der Waals surface area contributed by atoms with Gasteiger partial charge in [-0.25, -0.2) is 14.6 Å². The first-order chi connectivity index (χ1) is 16.6. The topological polar surface area (TPSA) is 173 Å². The summed E-state index contributed by atoms with van der Waals surface area (Å²) >= 11 is 12.4. The van der Waals surface area contributed by atoms with Gasteiger partial charge in [0.25, 0.3) is 16.1 Å². The lowest BCUT2D eigenvalue weighted by atomic mass is 9.83. The van der Waals surface area contributed by atoms with Gasteiger partial charge in [0, 0.05) is 50.0 Å². The molecule has 200 valence electrons. The lowest BCUT2D eigenvalue weighted by Gasteiger charge is -2.42. The number of hydrogen-bond donors (Lipinski definition) is 4. The number of nitrogens with zero attached hydrogens (tertiary/aromatic N) is 2. The van der Waals surface area contributed by atoms with Crippen LogP contribution in [-0.4, -0.2) is 62.7 Å². The van der Waals surface area contributed by atoms with E-state index < -0.39 is 37.8 Å². The molecule has 3 rings (SSSR count). The first kappa shape index (κ1) is 28.6. The third-order valence-electron chi connectivity index (χ3n) is 6.15. The Morgan fingerprint density at radius 3 is 2.36 bits per heavy atom. The van der Waals surface area contributed by atoms with Gasteiger partial charge in [-0.15, -0.1) is 0 Å². The third-order valence-corrected chi connectivity index (χ3v) is 9.17. The molecule has 0 bridgehead atoms. The molecule has 12 nitrogen and oxygen atoms in total. The number of amides is 2. The number of nitrogens with one attached hydrogen (secondary N) is 3. The molecule has 0 aliphatic carbocycles. The molecule has 1 fully saturated rings. The molecule has 2 amide bonds. The number of carbonyl (C=O) groups is 2. The van der Waals surface area contributed by atoms with Gasteiger partial charge in [-0.05, 0) is 43.9 Å². The summed E-state index contributed by atoms with van der Waals surface area (Å²) in [5.41, 5.74) is 0.193. The van der Waals surface area contributed by atoms with Gasteiger partial charge < -0.3 is 9.88 Å². The first-order valence-electron chi connectivity index (χ1n) is 11.0. The van der Waals surface area contributed by atoms with Gasteiger partial charge in [-0.3, -0.25) is 9.59 Å². The van der Waals surface area contributed by atoms with Crippen molar-refractivity contribution < 1.29 is 26.4 Å². The zero-order valence-corrected chi connectivity index (χ0v) is 22.8. The number of rotatable bonds is 9. The Bertz CT molecular complexity index is 1390. The quantitative estimate of drug-likeness (QED) is 0.321. The lowest BCUT2D eigenvalue weighted by Crippen LogP contribution is -2.58. The Kier molecular flexibility index (Phi) is 8.60. The van der Waals surface area contributed by atoms with Crippen LogP contribution >= 0.6 is 23.2 Å². The van der Waals surface area contributed by atoms with Crippen molar-refractivity contribution in [1.29, 1.82) is 0 Å². The lowest BCUT2D eigenvalue weighted by molar-refractivity contribution is -0.117. The van der Waals surface area contributed by atoms with Crippen molar-refractivity contribution >= 4 is 66.3 Å². The van der Waals surface area contributed by atoms with Crippen molar-refractivity contribution in [2.24, 2.45) is 12.2 Å². The molecule has 5 N–H and O–H groups in total. The maximum atomic E-state index is 13.4. The van der Waals surface area contributed by atoms with E-state index in [1.807, 2.05) is 4.72 Å². The Labute approximate surface area is 219 Å². The maximum absolute atomic E-state index is 13.4. The van der Waals surface area contributed by atoms with Gasteiger partial charge in [-0.1, -0.05) is 23.2 Å². The van der Waals surface area contributed by atoms with E-state index >= 15 is 0 Å². The van der Waals surface area contributed by atoms with Gasteiger partial charge in [-0.2, -0.15) is 21.1 Å². The van der Waals surface area contributed by atoms with E-state index in [0.29, 0.717) is 39.5 Å². The Morgan fingerprint density at radius 2 is 1.78 bits per heavy atom. The minimum absolute atomic E-state index is 0.0437. The second-order valence-electron chi connectivity index (χ2n) is 8.72. The Morgan fingerprint density at radius 1 is 1.14 bits per heavy atom. The van der Waals surface area contributed by atoms with Crippen molar-refractivity contribution in [3.05, 3.63) is 33.9 Å². The molecule has 0 unspecified atom stereocenters. The van der Waals surface area contributed by atoms with Crippen LogP contribution in [0, 0.1) is 0 Å². The Hall–Kier alpha value is -1.94.